The first kappa shape index (κ1) is 21.8. The van der Waals surface area contributed by atoms with Gasteiger partial charge in [0, 0.05) is 34.9 Å². The van der Waals surface area contributed by atoms with E-state index in [1.54, 1.807) is 30.5 Å². The Bertz CT molecular complexity index is 1100. The van der Waals surface area contributed by atoms with E-state index in [2.05, 4.69) is 27.1 Å². The first-order valence-electron chi connectivity index (χ1n) is 11.3. The van der Waals surface area contributed by atoms with Crippen LogP contribution in [0.3, 0.4) is 0 Å². The quantitative estimate of drug-likeness (QED) is 0.565. The van der Waals surface area contributed by atoms with Crippen molar-refractivity contribution in [2.45, 2.75) is 58.5 Å². The Hall–Kier alpha value is -3.41. The van der Waals surface area contributed by atoms with Crippen molar-refractivity contribution in [3.8, 4) is 0 Å². The van der Waals surface area contributed by atoms with E-state index in [0.29, 0.717) is 29.4 Å². The van der Waals surface area contributed by atoms with E-state index in [-0.39, 0.29) is 11.8 Å². The SMILES string of the molecule is Cc1cc(C(=O)Nc2cccc(C(=O)NCc3ccccn3)c2)c(C)n1C1CCCCC1. The minimum Gasteiger partial charge on any atom is -0.346 e. The third kappa shape index (κ3) is 4.90. The monoisotopic (exact) mass is 430 g/mol. The fourth-order valence-corrected chi connectivity index (χ4v) is 4.62. The van der Waals surface area contributed by atoms with Crippen molar-refractivity contribution in [2.24, 2.45) is 0 Å². The Morgan fingerprint density at radius 1 is 1.00 bits per heavy atom. The number of pyridine rings is 1. The molecule has 2 heterocycles. The molecule has 0 bridgehead atoms. The maximum atomic E-state index is 13.0. The van der Waals surface area contributed by atoms with Gasteiger partial charge >= 0.3 is 0 Å². The van der Waals surface area contributed by atoms with Gasteiger partial charge in [0.15, 0.2) is 0 Å². The first-order chi connectivity index (χ1) is 15.5. The van der Waals surface area contributed by atoms with Gasteiger partial charge in [0.2, 0.25) is 0 Å². The highest BCUT2D eigenvalue weighted by molar-refractivity contribution is 6.06. The van der Waals surface area contributed by atoms with Gasteiger partial charge in [-0.1, -0.05) is 31.4 Å². The molecule has 0 radical (unpaired) electrons. The number of nitrogens with zero attached hydrogens (tertiary/aromatic N) is 2. The predicted octanol–water partition coefficient (Wildman–Crippen LogP) is 5.19. The van der Waals surface area contributed by atoms with Crippen molar-refractivity contribution in [2.75, 3.05) is 5.32 Å². The molecule has 32 heavy (non-hydrogen) atoms. The van der Waals surface area contributed by atoms with Gasteiger partial charge in [0.25, 0.3) is 11.8 Å². The van der Waals surface area contributed by atoms with Crippen molar-refractivity contribution >= 4 is 17.5 Å². The summed E-state index contributed by atoms with van der Waals surface area (Å²) in [6.45, 7) is 4.45. The first-order valence-corrected chi connectivity index (χ1v) is 11.3. The number of nitrogens with one attached hydrogen (secondary N) is 2. The molecule has 0 saturated heterocycles. The molecule has 6 nitrogen and oxygen atoms in total. The van der Waals surface area contributed by atoms with Crippen LogP contribution >= 0.6 is 0 Å². The largest absolute Gasteiger partial charge is 0.346 e. The van der Waals surface area contributed by atoms with Gasteiger partial charge in [-0.2, -0.15) is 0 Å². The average molecular weight is 431 g/mol. The van der Waals surface area contributed by atoms with Gasteiger partial charge in [0.1, 0.15) is 0 Å². The Labute approximate surface area is 189 Å². The summed E-state index contributed by atoms with van der Waals surface area (Å²) in [6, 6.07) is 15.1. The van der Waals surface area contributed by atoms with Crippen molar-refractivity contribution in [1.82, 2.24) is 14.9 Å². The van der Waals surface area contributed by atoms with Crippen LogP contribution in [0.5, 0.6) is 0 Å². The third-order valence-electron chi connectivity index (χ3n) is 6.21. The zero-order valence-corrected chi connectivity index (χ0v) is 18.7. The lowest BCUT2D eigenvalue weighted by Gasteiger charge is -2.26. The summed E-state index contributed by atoms with van der Waals surface area (Å²) >= 11 is 0. The summed E-state index contributed by atoms with van der Waals surface area (Å²) < 4.78 is 2.33. The predicted molar refractivity (Wildman–Crippen MR) is 126 cm³/mol. The number of benzene rings is 1. The summed E-state index contributed by atoms with van der Waals surface area (Å²) in [4.78, 5) is 29.8. The van der Waals surface area contributed by atoms with Crippen LogP contribution in [0.1, 0.15) is 75.9 Å². The van der Waals surface area contributed by atoms with Gasteiger partial charge in [-0.05, 0) is 63.1 Å². The molecule has 1 aliphatic rings. The van der Waals surface area contributed by atoms with Crippen LogP contribution in [-0.2, 0) is 6.54 Å². The van der Waals surface area contributed by atoms with Gasteiger partial charge in [-0.25, -0.2) is 0 Å². The minimum atomic E-state index is -0.206. The topological polar surface area (TPSA) is 76.0 Å². The molecule has 1 aromatic carbocycles. The second-order valence-corrected chi connectivity index (χ2v) is 8.49. The number of carbonyl (C=O) groups excluding carboxylic acids is 2. The fourth-order valence-electron chi connectivity index (χ4n) is 4.62. The molecule has 0 atom stereocenters. The third-order valence-corrected chi connectivity index (χ3v) is 6.21. The lowest BCUT2D eigenvalue weighted by molar-refractivity contribution is 0.0949. The van der Waals surface area contributed by atoms with E-state index in [0.717, 1.165) is 17.1 Å². The van der Waals surface area contributed by atoms with E-state index in [4.69, 9.17) is 0 Å². The van der Waals surface area contributed by atoms with Crippen LogP contribution in [0.25, 0.3) is 0 Å². The summed E-state index contributed by atoms with van der Waals surface area (Å²) in [6.07, 6.45) is 7.84. The smallest absolute Gasteiger partial charge is 0.257 e. The fraction of sp³-hybridized carbons (Fsp3) is 0.346. The van der Waals surface area contributed by atoms with Gasteiger partial charge in [0.05, 0.1) is 17.8 Å². The average Bonchev–Trinajstić information content (AvgIpc) is 3.12. The Morgan fingerprint density at radius 3 is 2.56 bits per heavy atom. The van der Waals surface area contributed by atoms with Gasteiger partial charge in [-0.15, -0.1) is 0 Å². The molecule has 0 aliphatic heterocycles. The van der Waals surface area contributed by atoms with Crippen LogP contribution < -0.4 is 10.6 Å². The zero-order chi connectivity index (χ0) is 22.5. The molecule has 1 saturated carbocycles. The molecule has 1 fully saturated rings. The highest BCUT2D eigenvalue weighted by Gasteiger charge is 2.22. The Morgan fingerprint density at radius 2 is 1.81 bits per heavy atom. The number of rotatable bonds is 6. The van der Waals surface area contributed by atoms with E-state index < -0.39 is 0 Å². The molecule has 3 aromatic rings. The molecule has 2 amide bonds. The number of hydrogen-bond donors (Lipinski definition) is 2. The number of hydrogen-bond acceptors (Lipinski definition) is 3. The molecule has 0 unspecified atom stereocenters. The molecular formula is C26H30N4O2. The molecule has 166 valence electrons. The Kier molecular flexibility index (Phi) is 6.69. The molecule has 2 N–H and O–H groups in total. The van der Waals surface area contributed by atoms with E-state index in [9.17, 15) is 9.59 Å². The van der Waals surface area contributed by atoms with E-state index in [1.165, 1.54) is 32.1 Å². The molecule has 2 aromatic heterocycles. The van der Waals surface area contributed by atoms with Gasteiger partial charge in [-0.3, -0.25) is 14.6 Å². The number of amides is 2. The lowest BCUT2D eigenvalue weighted by Crippen LogP contribution is -2.23. The second kappa shape index (κ2) is 9.81. The molecule has 0 spiro atoms. The number of anilines is 1. The highest BCUT2D eigenvalue weighted by atomic mass is 16.2. The number of aryl methyl sites for hydroxylation is 1. The van der Waals surface area contributed by atoms with Crippen molar-refractivity contribution in [1.29, 1.82) is 0 Å². The zero-order valence-electron chi connectivity index (χ0n) is 18.7. The highest BCUT2D eigenvalue weighted by Crippen LogP contribution is 2.32. The summed E-state index contributed by atoms with van der Waals surface area (Å²) in [5.41, 5.74) is 4.71. The number of aromatic nitrogens is 2. The van der Waals surface area contributed by atoms with Crippen LogP contribution in [0.4, 0.5) is 5.69 Å². The molecule has 1 aliphatic carbocycles. The lowest BCUT2D eigenvalue weighted by atomic mass is 9.95. The summed E-state index contributed by atoms with van der Waals surface area (Å²) in [7, 11) is 0. The van der Waals surface area contributed by atoms with Crippen LogP contribution in [-0.4, -0.2) is 21.4 Å². The van der Waals surface area contributed by atoms with Crippen LogP contribution in [0.2, 0.25) is 0 Å². The molecule has 4 rings (SSSR count). The number of carbonyl (C=O) groups is 2. The van der Waals surface area contributed by atoms with E-state index >= 15 is 0 Å². The van der Waals surface area contributed by atoms with Crippen molar-refractivity contribution in [3.63, 3.8) is 0 Å². The van der Waals surface area contributed by atoms with Gasteiger partial charge < -0.3 is 15.2 Å². The minimum absolute atomic E-state index is 0.147. The molecular weight excluding hydrogens is 400 g/mol. The van der Waals surface area contributed by atoms with Crippen LogP contribution in [0.15, 0.2) is 54.7 Å². The standard InChI is InChI=1S/C26H30N4O2/c1-18-15-24(19(2)30(18)23-12-4-3-5-13-23)26(32)29-21-11-8-9-20(16-21)25(31)28-17-22-10-6-7-14-27-22/h6-11,14-16,23H,3-5,12-13,17H2,1-2H3,(H,28,31)(H,29,32). The van der Waals surface area contributed by atoms with Crippen molar-refractivity contribution < 1.29 is 9.59 Å². The maximum Gasteiger partial charge on any atom is 0.257 e. The summed E-state index contributed by atoms with van der Waals surface area (Å²) in [5.74, 6) is -0.353. The second-order valence-electron chi connectivity index (χ2n) is 8.49. The maximum absolute atomic E-state index is 13.0. The van der Waals surface area contributed by atoms with E-state index in [1.807, 2.05) is 31.2 Å². The summed E-state index contributed by atoms with van der Waals surface area (Å²) in [5, 5.41) is 5.83. The molecule has 6 heteroatoms. The van der Waals surface area contributed by atoms with Crippen LogP contribution in [0, 0.1) is 13.8 Å². The normalized spacial score (nSPS) is 14.2. The Balaban J connectivity index is 1.44. The van der Waals surface area contributed by atoms with Crippen molar-refractivity contribution in [3.05, 3.63) is 82.9 Å².